The van der Waals surface area contributed by atoms with Crippen molar-refractivity contribution >= 4 is 16.8 Å². The third-order valence-corrected chi connectivity index (χ3v) is 3.88. The Morgan fingerprint density at radius 3 is 2.68 bits per heavy atom. The molecule has 0 radical (unpaired) electrons. The number of carbonyl (C=O) groups is 1. The van der Waals surface area contributed by atoms with Gasteiger partial charge in [-0.3, -0.25) is 4.79 Å². The molecular formula is C19H16F2N2O2. The number of amides is 1. The predicted molar refractivity (Wildman–Crippen MR) is 90.6 cm³/mol. The molecule has 0 atom stereocenters. The molecule has 25 heavy (non-hydrogen) atoms. The van der Waals surface area contributed by atoms with Gasteiger partial charge in [0.1, 0.15) is 23.1 Å². The zero-order valence-corrected chi connectivity index (χ0v) is 13.8. The Balaban J connectivity index is 1.92. The summed E-state index contributed by atoms with van der Waals surface area (Å²) < 4.78 is 32.5. The van der Waals surface area contributed by atoms with E-state index in [2.05, 4.69) is 10.3 Å². The second kappa shape index (κ2) is 6.84. The minimum Gasteiger partial charge on any atom is -0.496 e. The molecule has 1 aromatic heterocycles. The van der Waals surface area contributed by atoms with Crippen LogP contribution < -0.4 is 10.1 Å². The number of ether oxygens (including phenoxy) is 1. The number of aryl methyl sites for hydroxylation is 1. The van der Waals surface area contributed by atoms with Crippen LogP contribution in [0.4, 0.5) is 8.78 Å². The third kappa shape index (κ3) is 3.42. The summed E-state index contributed by atoms with van der Waals surface area (Å²) in [5, 5.41) is 3.12. The average molecular weight is 342 g/mol. The van der Waals surface area contributed by atoms with Crippen molar-refractivity contribution in [1.29, 1.82) is 0 Å². The molecule has 1 heterocycles. The molecule has 0 saturated carbocycles. The zero-order valence-electron chi connectivity index (χ0n) is 13.8. The lowest BCUT2D eigenvalue weighted by Crippen LogP contribution is -2.24. The molecule has 0 aliphatic heterocycles. The predicted octanol–water partition coefficient (Wildman–Crippen LogP) is 3.76. The molecule has 0 aliphatic rings. The van der Waals surface area contributed by atoms with E-state index in [1.165, 1.54) is 31.4 Å². The summed E-state index contributed by atoms with van der Waals surface area (Å²) in [5.74, 6) is -0.907. The lowest BCUT2D eigenvalue weighted by molar-refractivity contribution is 0.0945. The Bertz CT molecular complexity index is 958. The van der Waals surface area contributed by atoms with Crippen LogP contribution in [0.2, 0.25) is 0 Å². The van der Waals surface area contributed by atoms with Crippen molar-refractivity contribution in [3.63, 3.8) is 0 Å². The second-order valence-corrected chi connectivity index (χ2v) is 5.60. The van der Waals surface area contributed by atoms with E-state index >= 15 is 0 Å². The largest absolute Gasteiger partial charge is 0.496 e. The first-order chi connectivity index (χ1) is 12.0. The van der Waals surface area contributed by atoms with Crippen LogP contribution in [0.5, 0.6) is 5.75 Å². The molecule has 1 N–H and O–H groups in total. The highest BCUT2D eigenvalue weighted by molar-refractivity contribution is 5.97. The molecule has 1 amide bonds. The number of nitrogens with one attached hydrogen (secondary N) is 1. The molecule has 3 aromatic rings. The number of halogens is 2. The van der Waals surface area contributed by atoms with Crippen molar-refractivity contribution in [2.45, 2.75) is 13.5 Å². The fourth-order valence-electron chi connectivity index (χ4n) is 2.62. The van der Waals surface area contributed by atoms with Gasteiger partial charge in [-0.25, -0.2) is 13.8 Å². The Morgan fingerprint density at radius 1 is 1.20 bits per heavy atom. The monoisotopic (exact) mass is 342 g/mol. The topological polar surface area (TPSA) is 51.2 Å². The molecule has 0 bridgehead atoms. The molecule has 0 aliphatic carbocycles. The number of carbonyl (C=O) groups excluding carboxylic acids is 1. The van der Waals surface area contributed by atoms with E-state index in [1.807, 2.05) is 0 Å². The fourth-order valence-corrected chi connectivity index (χ4v) is 2.62. The van der Waals surface area contributed by atoms with Crippen LogP contribution in [0.3, 0.4) is 0 Å². The average Bonchev–Trinajstić information content (AvgIpc) is 2.60. The van der Waals surface area contributed by atoms with E-state index in [1.54, 1.807) is 25.1 Å². The number of rotatable bonds is 4. The van der Waals surface area contributed by atoms with Crippen molar-refractivity contribution in [3.05, 3.63) is 70.9 Å². The highest BCUT2D eigenvalue weighted by Crippen LogP contribution is 2.28. The minimum absolute atomic E-state index is 0.0376. The van der Waals surface area contributed by atoms with Gasteiger partial charge in [0.15, 0.2) is 0 Å². The number of nitrogens with zero attached hydrogens (tertiary/aromatic N) is 1. The maximum Gasteiger partial charge on any atom is 0.270 e. The van der Waals surface area contributed by atoms with Crippen LogP contribution in [0.15, 0.2) is 42.5 Å². The summed E-state index contributed by atoms with van der Waals surface area (Å²) in [5.41, 5.74) is 1.58. The van der Waals surface area contributed by atoms with E-state index in [9.17, 15) is 13.6 Å². The van der Waals surface area contributed by atoms with E-state index in [4.69, 9.17) is 4.74 Å². The van der Waals surface area contributed by atoms with Gasteiger partial charge >= 0.3 is 0 Å². The smallest absolute Gasteiger partial charge is 0.270 e. The van der Waals surface area contributed by atoms with E-state index in [0.717, 1.165) is 0 Å². The number of pyridine rings is 1. The quantitative estimate of drug-likeness (QED) is 0.785. The van der Waals surface area contributed by atoms with Crippen LogP contribution in [0, 0.1) is 18.6 Å². The lowest BCUT2D eigenvalue weighted by Gasteiger charge is -2.11. The van der Waals surface area contributed by atoms with Gasteiger partial charge < -0.3 is 10.1 Å². The summed E-state index contributed by atoms with van der Waals surface area (Å²) in [7, 11) is 1.44. The highest BCUT2D eigenvalue weighted by Gasteiger charge is 2.15. The van der Waals surface area contributed by atoms with E-state index in [-0.39, 0.29) is 12.2 Å². The zero-order chi connectivity index (χ0) is 18.0. The van der Waals surface area contributed by atoms with E-state index in [0.29, 0.717) is 27.8 Å². The van der Waals surface area contributed by atoms with Gasteiger partial charge in [-0.05, 0) is 30.7 Å². The molecule has 6 heteroatoms. The van der Waals surface area contributed by atoms with Crippen LogP contribution >= 0.6 is 0 Å². The highest BCUT2D eigenvalue weighted by atomic mass is 19.1. The Kier molecular flexibility index (Phi) is 4.61. The molecule has 3 rings (SSSR count). The number of benzene rings is 2. The van der Waals surface area contributed by atoms with Gasteiger partial charge in [0, 0.05) is 23.6 Å². The van der Waals surface area contributed by atoms with Gasteiger partial charge in [0.2, 0.25) is 0 Å². The van der Waals surface area contributed by atoms with Crippen LogP contribution in [0.25, 0.3) is 10.9 Å². The minimum atomic E-state index is -0.466. The van der Waals surface area contributed by atoms with Crippen molar-refractivity contribution in [2.75, 3.05) is 7.11 Å². The summed E-state index contributed by atoms with van der Waals surface area (Å²) in [6, 6.07) is 10.3. The first-order valence-corrected chi connectivity index (χ1v) is 7.66. The standard InChI is InChI=1S/C19H16F2N2O2/c1-11-7-13(20)8-14-17(25-2)9-16(23-18(11)14)19(24)22-10-12-5-3-4-6-15(12)21/h3-9H,10H2,1-2H3,(H,22,24). The molecule has 2 aromatic carbocycles. The number of hydrogen-bond donors (Lipinski definition) is 1. The van der Waals surface area contributed by atoms with Crippen LogP contribution in [-0.4, -0.2) is 18.0 Å². The van der Waals surface area contributed by atoms with Gasteiger partial charge in [-0.1, -0.05) is 18.2 Å². The maximum atomic E-state index is 13.6. The number of fused-ring (bicyclic) bond motifs is 1. The first kappa shape index (κ1) is 16.8. The first-order valence-electron chi connectivity index (χ1n) is 7.66. The normalized spacial score (nSPS) is 10.7. The summed E-state index contributed by atoms with van der Waals surface area (Å²) >= 11 is 0. The number of methoxy groups -OCH3 is 1. The van der Waals surface area contributed by atoms with Gasteiger partial charge in [-0.2, -0.15) is 0 Å². The van der Waals surface area contributed by atoms with Crippen molar-refractivity contribution < 1.29 is 18.3 Å². The molecule has 0 saturated heterocycles. The van der Waals surface area contributed by atoms with Crippen LogP contribution in [0.1, 0.15) is 21.6 Å². The molecular weight excluding hydrogens is 326 g/mol. The Hall–Kier alpha value is -3.02. The lowest BCUT2D eigenvalue weighted by atomic mass is 10.1. The fraction of sp³-hybridized carbons (Fsp3) is 0.158. The van der Waals surface area contributed by atoms with Gasteiger partial charge in [0.25, 0.3) is 5.91 Å². The third-order valence-electron chi connectivity index (χ3n) is 3.88. The second-order valence-electron chi connectivity index (χ2n) is 5.60. The molecule has 4 nitrogen and oxygen atoms in total. The molecule has 0 fully saturated rings. The summed E-state index contributed by atoms with van der Waals surface area (Å²) in [4.78, 5) is 16.7. The van der Waals surface area contributed by atoms with Gasteiger partial charge in [0.05, 0.1) is 12.6 Å². The maximum absolute atomic E-state index is 13.6. The Morgan fingerprint density at radius 2 is 1.96 bits per heavy atom. The Labute approximate surface area is 143 Å². The summed E-state index contributed by atoms with van der Waals surface area (Å²) in [6.45, 7) is 1.74. The van der Waals surface area contributed by atoms with Gasteiger partial charge in [-0.15, -0.1) is 0 Å². The van der Waals surface area contributed by atoms with E-state index < -0.39 is 17.5 Å². The summed E-state index contributed by atoms with van der Waals surface area (Å²) in [6.07, 6.45) is 0. The van der Waals surface area contributed by atoms with Crippen molar-refractivity contribution in [1.82, 2.24) is 10.3 Å². The van der Waals surface area contributed by atoms with Crippen molar-refractivity contribution in [3.8, 4) is 5.75 Å². The SMILES string of the molecule is COc1cc(C(=O)NCc2ccccc2F)nc2c(C)cc(F)cc12. The molecule has 128 valence electrons. The van der Waals surface area contributed by atoms with Crippen molar-refractivity contribution in [2.24, 2.45) is 0 Å². The number of hydrogen-bond acceptors (Lipinski definition) is 3. The van der Waals surface area contributed by atoms with Crippen LogP contribution in [-0.2, 0) is 6.54 Å². The molecule has 0 unspecified atom stereocenters. The number of aromatic nitrogens is 1. The molecule has 0 spiro atoms.